The molecule has 1 saturated heterocycles. The summed E-state index contributed by atoms with van der Waals surface area (Å²) < 4.78 is 26.6. The van der Waals surface area contributed by atoms with Gasteiger partial charge in [-0.1, -0.05) is 23.7 Å². The lowest BCUT2D eigenvalue weighted by molar-refractivity contribution is 0.0937. The highest BCUT2D eigenvalue weighted by atomic mass is 35.5. The summed E-state index contributed by atoms with van der Waals surface area (Å²) in [5.74, 6) is -0.287. The van der Waals surface area contributed by atoms with Crippen LogP contribution in [0.4, 0.5) is 0 Å². The van der Waals surface area contributed by atoms with Crippen molar-refractivity contribution in [1.29, 1.82) is 0 Å². The van der Waals surface area contributed by atoms with E-state index in [0.717, 1.165) is 37.1 Å². The Balaban J connectivity index is 1.85. The standard InChI is InChI=1S/C23H30ClN3O3S/c1-16-12-19(14-22(17(16)2)31(29,30)26(3)4)23(28)25-15-21(27-10-5-6-11-27)18-8-7-9-20(24)13-18/h7-9,12-14,21H,5-6,10-11,15H2,1-4H3,(H,25,28)/t21-/m0/s1. The summed E-state index contributed by atoms with van der Waals surface area (Å²) in [5.41, 5.74) is 2.82. The van der Waals surface area contributed by atoms with Gasteiger partial charge in [0.25, 0.3) is 5.91 Å². The van der Waals surface area contributed by atoms with Gasteiger partial charge < -0.3 is 5.32 Å². The minimum Gasteiger partial charge on any atom is -0.350 e. The van der Waals surface area contributed by atoms with Gasteiger partial charge in [-0.3, -0.25) is 9.69 Å². The van der Waals surface area contributed by atoms with Crippen LogP contribution in [0, 0.1) is 13.8 Å². The molecule has 8 heteroatoms. The van der Waals surface area contributed by atoms with Crippen molar-refractivity contribution in [3.05, 3.63) is 63.7 Å². The Morgan fingerprint density at radius 3 is 2.45 bits per heavy atom. The molecule has 0 aromatic heterocycles. The Bertz CT molecular complexity index is 1060. The average molecular weight is 464 g/mol. The van der Waals surface area contributed by atoms with Crippen molar-refractivity contribution in [2.75, 3.05) is 33.7 Å². The first kappa shape index (κ1) is 23.7. The molecule has 1 heterocycles. The number of rotatable bonds is 7. The summed E-state index contributed by atoms with van der Waals surface area (Å²) in [7, 11) is -0.671. The van der Waals surface area contributed by atoms with Crippen molar-refractivity contribution in [1.82, 2.24) is 14.5 Å². The van der Waals surface area contributed by atoms with Crippen LogP contribution in [0.25, 0.3) is 0 Å². The summed E-state index contributed by atoms with van der Waals surface area (Å²) in [6, 6.07) is 11.0. The number of nitrogens with zero attached hydrogens (tertiary/aromatic N) is 2. The van der Waals surface area contributed by atoms with E-state index in [4.69, 9.17) is 11.6 Å². The molecule has 0 saturated carbocycles. The van der Waals surface area contributed by atoms with Crippen LogP contribution in [-0.4, -0.2) is 57.3 Å². The minimum absolute atomic E-state index is 0.0154. The predicted octanol–water partition coefficient (Wildman–Crippen LogP) is 3.77. The number of benzene rings is 2. The van der Waals surface area contributed by atoms with Gasteiger partial charge in [-0.2, -0.15) is 0 Å². The maximum absolute atomic E-state index is 13.0. The van der Waals surface area contributed by atoms with Crippen LogP contribution in [-0.2, 0) is 10.0 Å². The number of amides is 1. The Kier molecular flexibility index (Phi) is 7.42. The van der Waals surface area contributed by atoms with Crippen molar-refractivity contribution >= 4 is 27.5 Å². The molecule has 0 unspecified atom stereocenters. The van der Waals surface area contributed by atoms with Gasteiger partial charge >= 0.3 is 0 Å². The molecule has 1 amide bonds. The summed E-state index contributed by atoms with van der Waals surface area (Å²) in [6.07, 6.45) is 2.27. The molecule has 0 bridgehead atoms. The number of aryl methyl sites for hydroxylation is 1. The second kappa shape index (κ2) is 9.69. The Hall–Kier alpha value is -1.93. The molecule has 1 atom stereocenters. The van der Waals surface area contributed by atoms with Crippen LogP contribution in [0.2, 0.25) is 5.02 Å². The number of likely N-dealkylation sites (tertiary alicyclic amines) is 1. The third kappa shape index (κ3) is 5.29. The third-order valence-electron chi connectivity index (χ3n) is 5.91. The van der Waals surface area contributed by atoms with Crippen molar-refractivity contribution in [3.8, 4) is 0 Å². The molecule has 1 fully saturated rings. The van der Waals surface area contributed by atoms with Crippen LogP contribution in [0.15, 0.2) is 41.3 Å². The minimum atomic E-state index is -3.65. The monoisotopic (exact) mass is 463 g/mol. The highest BCUT2D eigenvalue weighted by Gasteiger charge is 2.26. The number of sulfonamides is 1. The fraction of sp³-hybridized carbons (Fsp3) is 0.435. The number of carbonyl (C=O) groups is 1. The number of carbonyl (C=O) groups excluding carboxylic acids is 1. The third-order valence-corrected chi connectivity index (χ3v) is 8.09. The number of halogens is 1. The topological polar surface area (TPSA) is 69.7 Å². The fourth-order valence-corrected chi connectivity index (χ4v) is 5.35. The summed E-state index contributed by atoms with van der Waals surface area (Å²) >= 11 is 6.21. The molecule has 0 spiro atoms. The molecule has 6 nitrogen and oxygen atoms in total. The van der Waals surface area contributed by atoms with Gasteiger partial charge in [0.05, 0.1) is 10.9 Å². The molecule has 0 radical (unpaired) electrons. The van der Waals surface area contributed by atoms with E-state index >= 15 is 0 Å². The van der Waals surface area contributed by atoms with Crippen molar-refractivity contribution in [3.63, 3.8) is 0 Å². The first-order valence-corrected chi connectivity index (χ1v) is 12.2. The predicted molar refractivity (Wildman–Crippen MR) is 124 cm³/mol. The van der Waals surface area contributed by atoms with Crippen LogP contribution in [0.1, 0.15) is 45.9 Å². The zero-order valence-corrected chi connectivity index (χ0v) is 20.1. The molecule has 1 aliphatic rings. The van der Waals surface area contributed by atoms with E-state index in [2.05, 4.69) is 10.2 Å². The van der Waals surface area contributed by atoms with Crippen LogP contribution in [0.5, 0.6) is 0 Å². The highest BCUT2D eigenvalue weighted by molar-refractivity contribution is 7.89. The summed E-state index contributed by atoms with van der Waals surface area (Å²) in [4.78, 5) is 15.5. The van der Waals surface area contributed by atoms with E-state index in [1.807, 2.05) is 31.2 Å². The van der Waals surface area contributed by atoms with E-state index in [1.54, 1.807) is 13.0 Å². The molecule has 2 aromatic carbocycles. The average Bonchev–Trinajstić information content (AvgIpc) is 3.24. The van der Waals surface area contributed by atoms with Gasteiger partial charge in [0.15, 0.2) is 0 Å². The van der Waals surface area contributed by atoms with Gasteiger partial charge in [-0.05, 0) is 80.7 Å². The van der Waals surface area contributed by atoms with Crippen molar-refractivity contribution in [2.45, 2.75) is 37.6 Å². The van der Waals surface area contributed by atoms with E-state index in [9.17, 15) is 13.2 Å². The SMILES string of the molecule is Cc1cc(C(=O)NC[C@@H](c2cccc(Cl)c2)N2CCCC2)cc(S(=O)(=O)N(C)C)c1C. The summed E-state index contributed by atoms with van der Waals surface area (Å²) in [6.45, 7) is 5.95. The first-order valence-electron chi connectivity index (χ1n) is 10.4. The lowest BCUT2D eigenvalue weighted by atomic mass is 10.0. The molecule has 1 aliphatic heterocycles. The molecular weight excluding hydrogens is 434 g/mol. The quantitative estimate of drug-likeness (QED) is 0.678. The second-order valence-corrected chi connectivity index (χ2v) is 10.8. The van der Waals surface area contributed by atoms with Crippen molar-refractivity contribution < 1.29 is 13.2 Å². The zero-order valence-electron chi connectivity index (χ0n) is 18.5. The molecule has 3 rings (SSSR count). The molecule has 31 heavy (non-hydrogen) atoms. The van der Waals surface area contributed by atoms with Crippen LogP contribution < -0.4 is 5.32 Å². The van der Waals surface area contributed by atoms with Gasteiger partial charge in [-0.25, -0.2) is 12.7 Å². The number of nitrogens with one attached hydrogen (secondary N) is 1. The summed E-state index contributed by atoms with van der Waals surface area (Å²) in [5, 5.41) is 3.68. The van der Waals surface area contributed by atoms with Crippen LogP contribution in [0.3, 0.4) is 0 Å². The zero-order chi connectivity index (χ0) is 22.8. The molecular formula is C23H30ClN3O3S. The van der Waals surface area contributed by atoms with Gasteiger partial charge in [0, 0.05) is 31.2 Å². The Morgan fingerprint density at radius 1 is 1.16 bits per heavy atom. The van der Waals surface area contributed by atoms with E-state index in [1.165, 1.54) is 24.5 Å². The van der Waals surface area contributed by atoms with Gasteiger partial charge in [-0.15, -0.1) is 0 Å². The van der Waals surface area contributed by atoms with Gasteiger partial charge in [0.2, 0.25) is 10.0 Å². The fourth-order valence-electron chi connectivity index (χ4n) is 3.94. The van der Waals surface area contributed by atoms with E-state index < -0.39 is 10.0 Å². The van der Waals surface area contributed by atoms with E-state index in [-0.39, 0.29) is 16.8 Å². The molecule has 168 valence electrons. The maximum Gasteiger partial charge on any atom is 0.251 e. The number of hydrogen-bond donors (Lipinski definition) is 1. The molecule has 1 N–H and O–H groups in total. The Morgan fingerprint density at radius 2 is 1.84 bits per heavy atom. The van der Waals surface area contributed by atoms with E-state index in [0.29, 0.717) is 22.7 Å². The maximum atomic E-state index is 13.0. The smallest absolute Gasteiger partial charge is 0.251 e. The normalized spacial score (nSPS) is 15.9. The van der Waals surface area contributed by atoms with Gasteiger partial charge in [0.1, 0.15) is 0 Å². The first-order chi connectivity index (χ1) is 14.6. The molecule has 2 aromatic rings. The van der Waals surface area contributed by atoms with Crippen molar-refractivity contribution in [2.24, 2.45) is 0 Å². The highest BCUT2D eigenvalue weighted by Crippen LogP contribution is 2.27. The molecule has 0 aliphatic carbocycles. The largest absolute Gasteiger partial charge is 0.350 e. The van der Waals surface area contributed by atoms with Crippen LogP contribution >= 0.6 is 11.6 Å². The Labute approximate surface area is 190 Å². The number of hydrogen-bond acceptors (Lipinski definition) is 4. The lowest BCUT2D eigenvalue weighted by Gasteiger charge is -2.28. The lowest BCUT2D eigenvalue weighted by Crippen LogP contribution is -2.37. The second-order valence-electron chi connectivity index (χ2n) is 8.23.